The zero-order valence-corrected chi connectivity index (χ0v) is 32.3. The van der Waals surface area contributed by atoms with Gasteiger partial charge in [-0.05, 0) is 78.5 Å². The summed E-state index contributed by atoms with van der Waals surface area (Å²) >= 11 is 6.25. The molecule has 0 fully saturated rings. The van der Waals surface area contributed by atoms with Crippen LogP contribution in [0.2, 0.25) is 5.28 Å². The van der Waals surface area contributed by atoms with Crippen molar-refractivity contribution in [3.63, 3.8) is 0 Å². The van der Waals surface area contributed by atoms with Crippen molar-refractivity contribution in [2.75, 3.05) is 17.7 Å². The highest BCUT2D eigenvalue weighted by Crippen LogP contribution is 2.45. The van der Waals surface area contributed by atoms with Crippen LogP contribution in [0.5, 0.6) is 17.2 Å². The van der Waals surface area contributed by atoms with Crippen LogP contribution in [0.25, 0.3) is 21.5 Å². The number of ether oxygens (including phenoxy) is 1. The minimum Gasteiger partial charge on any atom is -0.505 e. The van der Waals surface area contributed by atoms with E-state index < -0.39 is 47.2 Å². The van der Waals surface area contributed by atoms with Crippen molar-refractivity contribution < 1.29 is 40.9 Å². The molecular weight excluding hydrogens is 814 g/mol. The summed E-state index contributed by atoms with van der Waals surface area (Å²) in [5.74, 6) is -1.19. The minimum absolute atomic E-state index is 0.00416. The van der Waals surface area contributed by atoms with Gasteiger partial charge >= 0.3 is 0 Å². The summed E-state index contributed by atoms with van der Waals surface area (Å²) in [6.45, 7) is 1.86. The number of anilines is 4. The number of aromatic nitrogens is 3. The van der Waals surface area contributed by atoms with Gasteiger partial charge in [-0.3, -0.25) is 9.11 Å². The number of hydrogen-bond acceptors (Lipinski definition) is 16. The maximum absolute atomic E-state index is 12.8. The molecule has 0 aliphatic heterocycles. The molecule has 6 aromatic carbocycles. The molecular formula is C37H28ClN9O9S2. The molecule has 0 amide bonds. The van der Waals surface area contributed by atoms with Crippen LogP contribution in [-0.4, -0.2) is 58.2 Å². The van der Waals surface area contributed by atoms with Crippen LogP contribution >= 0.6 is 11.6 Å². The van der Waals surface area contributed by atoms with E-state index in [2.05, 4.69) is 46.0 Å². The van der Waals surface area contributed by atoms with Gasteiger partial charge < -0.3 is 25.6 Å². The number of benzene rings is 6. The van der Waals surface area contributed by atoms with Crippen molar-refractivity contribution in [1.82, 2.24) is 15.0 Å². The molecule has 294 valence electrons. The number of azo groups is 2. The molecule has 0 atom stereocenters. The number of nitrogens with zero attached hydrogens (tertiary/aromatic N) is 7. The highest BCUT2D eigenvalue weighted by Gasteiger charge is 2.25. The average Bonchev–Trinajstić information content (AvgIpc) is 3.17. The fraction of sp³-hybridized carbons (Fsp3) is 0.0541. The highest BCUT2D eigenvalue weighted by molar-refractivity contribution is 7.86. The molecule has 1 aromatic heterocycles. The fourth-order valence-corrected chi connectivity index (χ4v) is 7.52. The second-order valence-electron chi connectivity index (χ2n) is 12.3. The number of phenols is 2. The number of halogens is 1. The lowest BCUT2D eigenvalue weighted by Gasteiger charge is -2.15. The second kappa shape index (κ2) is 15.6. The van der Waals surface area contributed by atoms with Crippen molar-refractivity contribution in [3.05, 3.63) is 108 Å². The van der Waals surface area contributed by atoms with E-state index in [1.54, 1.807) is 48.5 Å². The Morgan fingerprint density at radius 3 is 2.03 bits per heavy atom. The lowest BCUT2D eigenvalue weighted by molar-refractivity contribution is 0.416. The normalized spacial score (nSPS) is 12.2. The van der Waals surface area contributed by atoms with Crippen molar-refractivity contribution >= 4 is 99.4 Å². The first-order valence-electron chi connectivity index (χ1n) is 16.6. The largest absolute Gasteiger partial charge is 0.505 e. The predicted molar refractivity (Wildman–Crippen MR) is 215 cm³/mol. The monoisotopic (exact) mass is 841 g/mol. The maximum atomic E-state index is 12.8. The van der Waals surface area contributed by atoms with E-state index in [9.17, 15) is 36.2 Å². The zero-order valence-electron chi connectivity index (χ0n) is 29.9. The van der Waals surface area contributed by atoms with Gasteiger partial charge in [0.2, 0.25) is 17.2 Å². The van der Waals surface area contributed by atoms with Gasteiger partial charge in [0.05, 0.1) is 24.2 Å². The second-order valence-corrected chi connectivity index (χ2v) is 15.4. The first kappa shape index (κ1) is 39.4. The lowest BCUT2D eigenvalue weighted by Crippen LogP contribution is -2.08. The summed E-state index contributed by atoms with van der Waals surface area (Å²) in [5.41, 5.74) is 1.01. The third-order valence-corrected chi connectivity index (χ3v) is 10.5. The Hall–Kier alpha value is -6.84. The number of nitrogens with one attached hydrogen (secondary N) is 2. The smallest absolute Gasteiger partial charge is 0.297 e. The Labute approximate surface area is 334 Å². The van der Waals surface area contributed by atoms with Crippen LogP contribution in [0.3, 0.4) is 0 Å². The Kier molecular flexibility index (Phi) is 10.6. The number of aryl methyl sites for hydroxylation is 1. The molecule has 7 aromatic rings. The number of fused-ring (bicyclic) bond motifs is 2. The van der Waals surface area contributed by atoms with Crippen LogP contribution in [0.15, 0.2) is 127 Å². The molecule has 0 radical (unpaired) electrons. The van der Waals surface area contributed by atoms with E-state index in [1.165, 1.54) is 49.6 Å². The van der Waals surface area contributed by atoms with Gasteiger partial charge in [0.15, 0.2) is 11.5 Å². The van der Waals surface area contributed by atoms with Gasteiger partial charge in [-0.25, -0.2) is 0 Å². The van der Waals surface area contributed by atoms with E-state index in [1.807, 2.05) is 6.92 Å². The Balaban J connectivity index is 1.25. The van der Waals surface area contributed by atoms with Crippen molar-refractivity contribution in [1.29, 1.82) is 0 Å². The van der Waals surface area contributed by atoms with Crippen LogP contribution in [0.4, 0.5) is 46.0 Å². The van der Waals surface area contributed by atoms with Crippen molar-refractivity contribution in [2.24, 2.45) is 20.5 Å². The third-order valence-electron chi connectivity index (χ3n) is 8.47. The molecule has 0 aliphatic rings. The molecule has 6 N–H and O–H groups in total. The van der Waals surface area contributed by atoms with E-state index in [0.29, 0.717) is 17.1 Å². The maximum Gasteiger partial charge on any atom is 0.297 e. The molecule has 7 rings (SSSR count). The van der Waals surface area contributed by atoms with Crippen LogP contribution < -0.4 is 15.4 Å². The number of para-hydroxylation sites is 1. The van der Waals surface area contributed by atoms with Crippen molar-refractivity contribution in [3.8, 4) is 17.2 Å². The Bertz CT molecular complexity index is 3060. The lowest BCUT2D eigenvalue weighted by atomic mass is 10.1. The fourth-order valence-electron chi connectivity index (χ4n) is 5.85. The van der Waals surface area contributed by atoms with E-state index in [4.69, 9.17) is 16.3 Å². The summed E-state index contributed by atoms with van der Waals surface area (Å²) in [4.78, 5) is 11.0. The number of phenolic OH excluding ortho intramolecular Hbond substituents is 2. The molecule has 0 saturated carbocycles. The highest BCUT2D eigenvalue weighted by atomic mass is 35.5. The van der Waals surface area contributed by atoms with E-state index in [0.717, 1.165) is 11.6 Å². The summed E-state index contributed by atoms with van der Waals surface area (Å²) in [6, 6.07) is 24.4. The Morgan fingerprint density at radius 2 is 1.34 bits per heavy atom. The van der Waals surface area contributed by atoms with E-state index in [-0.39, 0.29) is 55.8 Å². The molecule has 18 nitrogen and oxygen atoms in total. The van der Waals surface area contributed by atoms with E-state index >= 15 is 0 Å². The van der Waals surface area contributed by atoms with Gasteiger partial charge in [-0.1, -0.05) is 48.0 Å². The summed E-state index contributed by atoms with van der Waals surface area (Å²) in [5, 5.41) is 44.1. The molecule has 0 unspecified atom stereocenters. The average molecular weight is 842 g/mol. The number of hydrogen-bond donors (Lipinski definition) is 6. The Morgan fingerprint density at radius 1 is 0.672 bits per heavy atom. The van der Waals surface area contributed by atoms with Gasteiger partial charge in [-0.2, -0.15) is 36.9 Å². The molecule has 1 heterocycles. The molecule has 0 spiro atoms. The molecule has 0 aliphatic carbocycles. The van der Waals surface area contributed by atoms with Crippen LogP contribution in [0.1, 0.15) is 5.56 Å². The van der Waals surface area contributed by atoms with Gasteiger partial charge in [0.1, 0.15) is 32.6 Å². The topological polar surface area (TPSA) is 271 Å². The summed E-state index contributed by atoms with van der Waals surface area (Å²) < 4.78 is 76.1. The number of methoxy groups -OCH3 is 1. The standard InChI is InChI=1S/C37H28ClN9O9S2/c1-19-10-12-21(13-11-19)44-47-31-29(57(50,51)52)18-20-6-5-8-25(30(20)33(31)49)39-36-41-35(38)42-37(43-36)40-27-17-14-22-23(34(27)58(53,54)55)15-16-26(32(22)48)46-45-24-7-3-4-9-28(24)56-2/h3-18,48-49H,1-2H3,(H,50,51,52)(H,53,54,55)(H2,39,40,41,42,43). The summed E-state index contributed by atoms with van der Waals surface area (Å²) in [6.07, 6.45) is 0. The van der Waals surface area contributed by atoms with Gasteiger partial charge in [0, 0.05) is 16.2 Å². The zero-order chi connectivity index (χ0) is 41.4. The van der Waals surface area contributed by atoms with Crippen LogP contribution in [-0.2, 0) is 20.2 Å². The first-order chi connectivity index (χ1) is 27.6. The number of rotatable bonds is 11. The quantitative estimate of drug-likeness (QED) is 0.0523. The predicted octanol–water partition coefficient (Wildman–Crippen LogP) is 9.37. The van der Waals surface area contributed by atoms with Crippen molar-refractivity contribution in [2.45, 2.75) is 16.7 Å². The van der Waals surface area contributed by atoms with Gasteiger partial charge in [0.25, 0.3) is 20.2 Å². The minimum atomic E-state index is -4.98. The van der Waals surface area contributed by atoms with Crippen LogP contribution in [0, 0.1) is 6.92 Å². The molecule has 0 bridgehead atoms. The third kappa shape index (κ3) is 8.17. The molecule has 0 saturated heterocycles. The molecule has 21 heteroatoms. The molecule has 58 heavy (non-hydrogen) atoms. The first-order valence-corrected chi connectivity index (χ1v) is 19.9. The summed E-state index contributed by atoms with van der Waals surface area (Å²) in [7, 11) is -8.42. The van der Waals surface area contributed by atoms with Gasteiger partial charge in [-0.15, -0.1) is 15.3 Å². The SMILES string of the molecule is COc1ccccc1N=Nc1ccc2c(S(=O)(=O)O)c(Nc3nc(Cl)nc(Nc4cccc5cc(S(=O)(=O)O)c(N=Nc6ccc(C)cc6)c(O)c45)n3)ccc2c1O. The number of aromatic hydroxyl groups is 2.